The van der Waals surface area contributed by atoms with Crippen molar-refractivity contribution in [2.45, 2.75) is 31.3 Å². The molecule has 3 atom stereocenters. The maximum Gasteiger partial charge on any atom is 0.186 e. The van der Waals surface area contributed by atoms with Crippen LogP contribution in [0.4, 0.5) is 0 Å². The molecule has 4 heteroatoms. The van der Waals surface area contributed by atoms with Gasteiger partial charge in [-0.25, -0.2) is 0 Å². The third-order valence-corrected chi connectivity index (χ3v) is 1.74. The van der Waals surface area contributed by atoms with Crippen LogP contribution in [0.15, 0.2) is 0 Å². The minimum atomic E-state index is -1.45. The second-order valence-corrected chi connectivity index (χ2v) is 2.76. The van der Waals surface area contributed by atoms with Gasteiger partial charge in [0, 0.05) is 6.42 Å². The van der Waals surface area contributed by atoms with E-state index in [1.807, 2.05) is 0 Å². The molecule has 1 aliphatic heterocycles. The Kier molecular flexibility index (Phi) is 1.96. The van der Waals surface area contributed by atoms with E-state index in [1.54, 1.807) is 6.92 Å². The minimum absolute atomic E-state index is 0.188. The molecule has 4 nitrogen and oxygen atoms in total. The van der Waals surface area contributed by atoms with Crippen molar-refractivity contribution in [3.8, 4) is 0 Å². The van der Waals surface area contributed by atoms with Crippen LogP contribution in [-0.2, 0) is 4.74 Å². The molecule has 0 spiro atoms. The first kappa shape index (κ1) is 7.94. The van der Waals surface area contributed by atoms with Crippen molar-refractivity contribution in [2.24, 2.45) is 0 Å². The highest BCUT2D eigenvalue weighted by molar-refractivity contribution is 4.88. The smallest absolute Gasteiger partial charge is 0.186 e. The van der Waals surface area contributed by atoms with Crippen LogP contribution >= 0.6 is 0 Å². The zero-order valence-electron chi connectivity index (χ0n) is 5.82. The molecule has 0 aliphatic carbocycles. The monoisotopic (exact) mass is 148 g/mol. The maximum absolute atomic E-state index is 9.31. The van der Waals surface area contributed by atoms with Gasteiger partial charge in [-0.3, -0.25) is 0 Å². The maximum atomic E-state index is 9.31. The summed E-state index contributed by atoms with van der Waals surface area (Å²) in [6, 6.07) is 0. The van der Waals surface area contributed by atoms with Crippen LogP contribution in [0.1, 0.15) is 13.3 Å². The number of ether oxygens (including phenoxy) is 1. The molecule has 0 saturated carbocycles. The summed E-state index contributed by atoms with van der Waals surface area (Å²) in [7, 11) is 0. The Hall–Kier alpha value is -0.160. The van der Waals surface area contributed by atoms with Gasteiger partial charge in [-0.05, 0) is 6.92 Å². The molecule has 0 bridgehead atoms. The summed E-state index contributed by atoms with van der Waals surface area (Å²) in [5.74, 6) is 0. The average Bonchev–Trinajstić information content (AvgIpc) is 2.09. The average molecular weight is 148 g/mol. The number of hydrogen-bond acceptors (Lipinski definition) is 4. The molecule has 1 saturated heterocycles. The van der Waals surface area contributed by atoms with E-state index in [9.17, 15) is 5.11 Å². The van der Waals surface area contributed by atoms with Crippen molar-refractivity contribution in [1.82, 2.24) is 0 Å². The van der Waals surface area contributed by atoms with E-state index in [1.165, 1.54) is 0 Å². The largest absolute Gasteiger partial charge is 0.393 e. The van der Waals surface area contributed by atoms with Crippen LogP contribution in [0, 0.1) is 0 Å². The van der Waals surface area contributed by atoms with Gasteiger partial charge in [-0.2, -0.15) is 0 Å². The fourth-order valence-corrected chi connectivity index (χ4v) is 1.14. The highest BCUT2D eigenvalue weighted by atomic mass is 16.6. The lowest BCUT2D eigenvalue weighted by molar-refractivity contribution is -0.179. The van der Waals surface area contributed by atoms with Crippen LogP contribution in [0.3, 0.4) is 0 Å². The van der Waals surface area contributed by atoms with E-state index >= 15 is 0 Å². The molecule has 3 N–H and O–H groups in total. The summed E-state index contributed by atoms with van der Waals surface area (Å²) >= 11 is 0. The first-order valence-electron chi connectivity index (χ1n) is 3.25. The second kappa shape index (κ2) is 2.47. The van der Waals surface area contributed by atoms with Gasteiger partial charge in [0.25, 0.3) is 0 Å². The van der Waals surface area contributed by atoms with E-state index in [-0.39, 0.29) is 12.5 Å². The molecule has 1 heterocycles. The van der Waals surface area contributed by atoms with Crippen LogP contribution in [0.5, 0.6) is 0 Å². The zero-order chi connectivity index (χ0) is 7.78. The molecule has 0 radical (unpaired) electrons. The standard InChI is InChI=1S/C6H12O4/c1-4-2-6(9,3-7)5(8)10-4/h4-5,7-9H,2-3H2,1H3/t4-,5?,6+/m1/s1. The molecule has 0 aromatic rings. The predicted octanol–water partition coefficient (Wildman–Crippen LogP) is -1.16. The van der Waals surface area contributed by atoms with Crippen molar-refractivity contribution < 1.29 is 20.1 Å². The van der Waals surface area contributed by atoms with Gasteiger partial charge in [0.1, 0.15) is 5.60 Å². The molecule has 1 fully saturated rings. The van der Waals surface area contributed by atoms with Gasteiger partial charge in [0.15, 0.2) is 6.29 Å². The Balaban J connectivity index is 2.61. The van der Waals surface area contributed by atoms with Crippen LogP contribution in [0.25, 0.3) is 0 Å². The van der Waals surface area contributed by atoms with Crippen molar-refractivity contribution in [3.05, 3.63) is 0 Å². The molecule has 1 rings (SSSR count). The molecule has 1 unspecified atom stereocenters. The van der Waals surface area contributed by atoms with E-state index in [0.717, 1.165) is 0 Å². The van der Waals surface area contributed by atoms with Gasteiger partial charge in [0.05, 0.1) is 12.7 Å². The lowest BCUT2D eigenvalue weighted by Crippen LogP contribution is -2.41. The summed E-state index contributed by atoms with van der Waals surface area (Å²) in [6.45, 7) is 1.27. The van der Waals surface area contributed by atoms with Crippen molar-refractivity contribution >= 4 is 0 Å². The van der Waals surface area contributed by atoms with Gasteiger partial charge in [-0.1, -0.05) is 0 Å². The van der Waals surface area contributed by atoms with Crippen molar-refractivity contribution in [2.75, 3.05) is 6.61 Å². The number of aliphatic hydroxyl groups is 3. The summed E-state index contributed by atoms with van der Waals surface area (Å²) < 4.78 is 4.81. The predicted molar refractivity (Wildman–Crippen MR) is 33.2 cm³/mol. The van der Waals surface area contributed by atoms with Gasteiger partial charge >= 0.3 is 0 Å². The Morgan fingerprint density at radius 2 is 2.30 bits per heavy atom. The molecular formula is C6H12O4. The number of aliphatic hydroxyl groups excluding tert-OH is 2. The highest BCUT2D eigenvalue weighted by Crippen LogP contribution is 2.28. The SMILES string of the molecule is C[C@@H]1C[C@](O)(CO)C(O)O1. The number of hydrogen-bond donors (Lipinski definition) is 3. The first-order valence-corrected chi connectivity index (χ1v) is 3.25. The minimum Gasteiger partial charge on any atom is -0.393 e. The molecule has 0 aromatic heterocycles. The van der Waals surface area contributed by atoms with Crippen LogP contribution in [-0.4, -0.2) is 39.9 Å². The van der Waals surface area contributed by atoms with Gasteiger partial charge in [0.2, 0.25) is 0 Å². The Morgan fingerprint density at radius 1 is 1.70 bits per heavy atom. The second-order valence-electron chi connectivity index (χ2n) is 2.76. The topological polar surface area (TPSA) is 69.9 Å². The van der Waals surface area contributed by atoms with Crippen molar-refractivity contribution in [1.29, 1.82) is 0 Å². The Bertz CT molecular complexity index is 127. The summed E-state index contributed by atoms with van der Waals surface area (Å²) in [5, 5.41) is 26.9. The molecule has 10 heavy (non-hydrogen) atoms. The Morgan fingerprint density at radius 3 is 2.50 bits per heavy atom. The Labute approximate surface area is 59.1 Å². The zero-order valence-corrected chi connectivity index (χ0v) is 5.82. The fraction of sp³-hybridized carbons (Fsp3) is 1.00. The van der Waals surface area contributed by atoms with Gasteiger partial charge < -0.3 is 20.1 Å². The molecule has 1 aliphatic rings. The van der Waals surface area contributed by atoms with Gasteiger partial charge in [-0.15, -0.1) is 0 Å². The number of rotatable bonds is 1. The fourth-order valence-electron chi connectivity index (χ4n) is 1.14. The third kappa shape index (κ3) is 1.15. The lowest BCUT2D eigenvalue weighted by Gasteiger charge is -2.20. The summed E-state index contributed by atoms with van der Waals surface area (Å²) in [5.41, 5.74) is -1.45. The quantitative estimate of drug-likeness (QED) is 0.438. The lowest BCUT2D eigenvalue weighted by atomic mass is 10.0. The van der Waals surface area contributed by atoms with Crippen LogP contribution < -0.4 is 0 Å². The van der Waals surface area contributed by atoms with E-state index in [4.69, 9.17) is 14.9 Å². The molecular weight excluding hydrogens is 136 g/mol. The molecule has 0 aromatic carbocycles. The first-order chi connectivity index (χ1) is 4.58. The van der Waals surface area contributed by atoms with E-state index in [0.29, 0.717) is 0 Å². The normalized spacial score (nSPS) is 48.0. The third-order valence-electron chi connectivity index (χ3n) is 1.74. The van der Waals surface area contributed by atoms with E-state index in [2.05, 4.69) is 0 Å². The summed E-state index contributed by atoms with van der Waals surface area (Å²) in [4.78, 5) is 0. The van der Waals surface area contributed by atoms with E-state index < -0.39 is 18.5 Å². The van der Waals surface area contributed by atoms with Crippen LogP contribution in [0.2, 0.25) is 0 Å². The highest BCUT2D eigenvalue weighted by Gasteiger charge is 2.44. The van der Waals surface area contributed by atoms with Crippen molar-refractivity contribution in [3.63, 3.8) is 0 Å². The molecule has 60 valence electrons. The summed E-state index contributed by atoms with van der Waals surface area (Å²) in [6.07, 6.45) is -1.15. The molecule has 0 amide bonds.